The van der Waals surface area contributed by atoms with E-state index in [1.165, 1.54) is 0 Å². The number of carbonyl (C=O) groups excluding carboxylic acids is 1. The van der Waals surface area contributed by atoms with Crippen LogP contribution in [-0.2, 0) is 5.41 Å². The van der Waals surface area contributed by atoms with Gasteiger partial charge in [-0.3, -0.25) is 9.78 Å². The molecule has 3 aromatic heterocycles. The SMILES string of the molecule is CC(C)(C)c1c[c-]no1.O=C(Nc1cc[c-]cc1)c1ccc2cnccc2n1.[K+]. The second-order valence-corrected chi connectivity index (χ2v) is 7.08. The molecular weight excluding hydrogens is 391 g/mol. The Morgan fingerprint density at radius 1 is 1.10 bits per heavy atom. The van der Waals surface area contributed by atoms with Gasteiger partial charge >= 0.3 is 51.4 Å². The van der Waals surface area contributed by atoms with E-state index in [4.69, 9.17) is 4.52 Å². The third-order valence-corrected chi connectivity index (χ3v) is 3.83. The molecule has 0 radical (unpaired) electrons. The summed E-state index contributed by atoms with van der Waals surface area (Å²) in [5.41, 5.74) is 1.92. The van der Waals surface area contributed by atoms with Gasteiger partial charge in [0.25, 0.3) is 5.91 Å². The number of benzene rings is 1. The summed E-state index contributed by atoms with van der Waals surface area (Å²) in [6, 6.07) is 17.0. The van der Waals surface area contributed by atoms with E-state index in [0.29, 0.717) is 5.69 Å². The van der Waals surface area contributed by atoms with Gasteiger partial charge in [0.15, 0.2) is 0 Å². The summed E-state index contributed by atoms with van der Waals surface area (Å²) in [7, 11) is 0. The van der Waals surface area contributed by atoms with E-state index in [9.17, 15) is 4.79 Å². The smallest absolute Gasteiger partial charge is 0.470 e. The molecular formula is C22H20KN4O2-. The first kappa shape index (κ1) is 23.4. The molecule has 1 amide bonds. The fourth-order valence-electron chi connectivity index (χ4n) is 2.30. The van der Waals surface area contributed by atoms with E-state index in [-0.39, 0.29) is 62.7 Å². The van der Waals surface area contributed by atoms with Gasteiger partial charge in [0, 0.05) is 17.8 Å². The van der Waals surface area contributed by atoms with E-state index >= 15 is 0 Å². The molecule has 4 aromatic rings. The van der Waals surface area contributed by atoms with Crippen LogP contribution in [0.1, 0.15) is 37.0 Å². The molecule has 29 heavy (non-hydrogen) atoms. The molecule has 0 fully saturated rings. The fourth-order valence-corrected chi connectivity index (χ4v) is 2.30. The Bertz CT molecular complexity index is 1050. The number of amides is 1. The Kier molecular flexibility index (Phi) is 8.67. The third-order valence-electron chi connectivity index (χ3n) is 3.83. The Morgan fingerprint density at radius 3 is 2.48 bits per heavy atom. The molecule has 0 aliphatic carbocycles. The molecule has 0 aliphatic heterocycles. The summed E-state index contributed by atoms with van der Waals surface area (Å²) in [5.74, 6) is 0.646. The number of hydrogen-bond acceptors (Lipinski definition) is 5. The molecule has 142 valence electrons. The second kappa shape index (κ2) is 10.8. The van der Waals surface area contributed by atoms with E-state index in [1.54, 1.807) is 54.9 Å². The van der Waals surface area contributed by atoms with Crippen LogP contribution in [0.25, 0.3) is 10.9 Å². The van der Waals surface area contributed by atoms with Crippen molar-refractivity contribution in [3.05, 3.63) is 84.6 Å². The zero-order valence-electron chi connectivity index (χ0n) is 16.9. The fraction of sp³-hybridized carbons (Fsp3) is 0.182. The molecule has 7 heteroatoms. The Hall–Kier alpha value is -1.90. The summed E-state index contributed by atoms with van der Waals surface area (Å²) in [4.78, 5) is 20.4. The van der Waals surface area contributed by atoms with Crippen LogP contribution >= 0.6 is 0 Å². The van der Waals surface area contributed by atoms with E-state index in [2.05, 4.69) is 53.5 Å². The van der Waals surface area contributed by atoms with Gasteiger partial charge in [-0.25, -0.2) is 10.1 Å². The van der Waals surface area contributed by atoms with Gasteiger partial charge in [-0.2, -0.15) is 24.3 Å². The molecule has 1 aromatic carbocycles. The Morgan fingerprint density at radius 2 is 1.86 bits per heavy atom. The normalized spacial score (nSPS) is 10.4. The molecule has 4 rings (SSSR count). The number of rotatable bonds is 2. The number of hydrogen-bond donors (Lipinski definition) is 1. The maximum Gasteiger partial charge on any atom is 1.00 e. The second-order valence-electron chi connectivity index (χ2n) is 7.08. The van der Waals surface area contributed by atoms with Gasteiger partial charge in [-0.1, -0.05) is 26.5 Å². The van der Waals surface area contributed by atoms with Crippen LogP contribution in [-0.4, -0.2) is 21.0 Å². The molecule has 0 saturated carbocycles. The standard InChI is InChI=1S/C15H10N3O.C7H10NO.K/c19-15(17-12-4-2-1-3-5-12)14-7-6-11-10-16-9-8-13(11)18-14;1-7(2,3)6-4-5-8-9-6;/h2-10H,(H,17,19);4H,1-3H3;/q2*-1;+1. The first-order valence-electron chi connectivity index (χ1n) is 8.75. The number of aromatic nitrogens is 3. The van der Waals surface area contributed by atoms with Crippen LogP contribution in [0, 0.1) is 12.3 Å². The van der Waals surface area contributed by atoms with Crippen molar-refractivity contribution in [2.75, 3.05) is 5.32 Å². The van der Waals surface area contributed by atoms with Crippen LogP contribution in [0.4, 0.5) is 5.69 Å². The molecule has 0 saturated heterocycles. The first-order chi connectivity index (χ1) is 13.4. The summed E-state index contributed by atoms with van der Waals surface area (Å²) < 4.78 is 4.89. The average molecular weight is 412 g/mol. The van der Waals surface area contributed by atoms with Crippen molar-refractivity contribution in [1.82, 2.24) is 15.1 Å². The van der Waals surface area contributed by atoms with Crippen LogP contribution in [0.5, 0.6) is 0 Å². The van der Waals surface area contributed by atoms with Gasteiger partial charge in [-0.05, 0) is 29.4 Å². The van der Waals surface area contributed by atoms with Gasteiger partial charge in [-0.15, -0.1) is 18.3 Å². The number of carbonyl (C=O) groups is 1. The minimum absolute atomic E-state index is 0. The maximum absolute atomic E-state index is 12.1. The van der Waals surface area contributed by atoms with Gasteiger partial charge in [0.1, 0.15) is 5.69 Å². The molecule has 1 N–H and O–H groups in total. The number of anilines is 1. The summed E-state index contributed by atoms with van der Waals surface area (Å²) in [6.07, 6.45) is 6.00. The van der Waals surface area contributed by atoms with Crippen LogP contribution in [0.2, 0.25) is 0 Å². The van der Waals surface area contributed by atoms with E-state index in [1.807, 2.05) is 6.07 Å². The quantitative estimate of drug-likeness (QED) is 0.399. The van der Waals surface area contributed by atoms with Crippen molar-refractivity contribution in [3.63, 3.8) is 0 Å². The molecule has 6 nitrogen and oxygen atoms in total. The van der Waals surface area contributed by atoms with Crippen LogP contribution in [0.3, 0.4) is 0 Å². The molecule has 3 heterocycles. The van der Waals surface area contributed by atoms with Crippen LogP contribution in [0.15, 0.2) is 65.4 Å². The van der Waals surface area contributed by atoms with Crippen molar-refractivity contribution < 1.29 is 60.7 Å². The number of pyridine rings is 2. The number of fused-ring (bicyclic) bond motifs is 1. The molecule has 0 unspecified atom stereocenters. The zero-order valence-corrected chi connectivity index (χ0v) is 20.1. The molecule has 0 atom stereocenters. The summed E-state index contributed by atoms with van der Waals surface area (Å²) in [6.45, 7) is 6.21. The predicted octanol–water partition coefficient (Wildman–Crippen LogP) is 1.46. The largest absolute Gasteiger partial charge is 1.00 e. The summed E-state index contributed by atoms with van der Waals surface area (Å²) >= 11 is 0. The minimum Gasteiger partial charge on any atom is -0.470 e. The van der Waals surface area contributed by atoms with Crippen molar-refractivity contribution in [1.29, 1.82) is 0 Å². The van der Waals surface area contributed by atoms with Crippen molar-refractivity contribution in [2.45, 2.75) is 26.2 Å². The maximum atomic E-state index is 12.1. The van der Waals surface area contributed by atoms with Gasteiger partial charge in [0.05, 0.1) is 5.52 Å². The van der Waals surface area contributed by atoms with Crippen LogP contribution < -0.4 is 56.7 Å². The molecule has 0 spiro atoms. The Labute approximate surface area is 212 Å². The van der Waals surface area contributed by atoms with E-state index < -0.39 is 0 Å². The Balaban J connectivity index is 0.000000255. The van der Waals surface area contributed by atoms with E-state index in [0.717, 1.165) is 22.4 Å². The van der Waals surface area contributed by atoms with Crippen molar-refractivity contribution in [3.8, 4) is 0 Å². The number of nitrogens with zero attached hydrogens (tertiary/aromatic N) is 3. The predicted molar refractivity (Wildman–Crippen MR) is 107 cm³/mol. The van der Waals surface area contributed by atoms with Gasteiger partial charge in [0.2, 0.25) is 0 Å². The number of nitrogens with one attached hydrogen (secondary N) is 1. The third kappa shape index (κ3) is 6.83. The zero-order chi connectivity index (χ0) is 20.0. The topological polar surface area (TPSA) is 80.9 Å². The first-order valence-corrected chi connectivity index (χ1v) is 8.75. The molecule has 0 aliphatic rings. The van der Waals surface area contributed by atoms with Crippen molar-refractivity contribution in [2.24, 2.45) is 0 Å². The molecule has 0 bridgehead atoms. The van der Waals surface area contributed by atoms with Crippen molar-refractivity contribution >= 4 is 22.5 Å². The minimum atomic E-state index is -0.232. The van der Waals surface area contributed by atoms with Gasteiger partial charge < -0.3 is 9.84 Å². The summed E-state index contributed by atoms with van der Waals surface area (Å²) in [5, 5.41) is 7.18. The monoisotopic (exact) mass is 411 g/mol. The average Bonchev–Trinajstić information content (AvgIpc) is 3.24.